The van der Waals surface area contributed by atoms with E-state index in [0.717, 1.165) is 17.4 Å². The van der Waals surface area contributed by atoms with Crippen LogP contribution in [0.2, 0.25) is 5.02 Å². The molecular weight excluding hydrogens is 305 g/mol. The molecule has 0 radical (unpaired) electrons. The van der Waals surface area contributed by atoms with Crippen LogP contribution in [0.4, 0.5) is 4.39 Å². The second-order valence-electron chi connectivity index (χ2n) is 4.99. The Labute approximate surface area is 134 Å². The molecule has 0 aliphatic rings. The van der Waals surface area contributed by atoms with Crippen LogP contribution in [-0.2, 0) is 0 Å². The highest BCUT2D eigenvalue weighted by Crippen LogP contribution is 2.25. The van der Waals surface area contributed by atoms with Gasteiger partial charge >= 0.3 is 0 Å². The predicted molar refractivity (Wildman–Crippen MR) is 84.9 cm³/mol. The van der Waals surface area contributed by atoms with Crippen molar-refractivity contribution >= 4 is 17.5 Å². The maximum Gasteiger partial charge on any atom is 0.255 e. The largest absolute Gasteiger partial charge is 0.497 e. The minimum atomic E-state index is -0.465. The lowest BCUT2D eigenvalue weighted by molar-refractivity contribution is 0.0743. The van der Waals surface area contributed by atoms with Gasteiger partial charge in [0, 0.05) is 7.05 Å². The summed E-state index contributed by atoms with van der Waals surface area (Å²) in [6, 6.07) is 11.1. The van der Waals surface area contributed by atoms with Gasteiger partial charge in [0.25, 0.3) is 5.91 Å². The highest BCUT2D eigenvalue weighted by Gasteiger charge is 2.21. The summed E-state index contributed by atoms with van der Waals surface area (Å²) in [5.74, 6) is 0.0345. The molecule has 0 aliphatic carbocycles. The zero-order chi connectivity index (χ0) is 16.3. The number of rotatable bonds is 4. The number of carbonyl (C=O) groups excluding carboxylic acids is 1. The summed E-state index contributed by atoms with van der Waals surface area (Å²) in [5.41, 5.74) is 1.25. The van der Waals surface area contributed by atoms with Crippen LogP contribution in [0.5, 0.6) is 5.75 Å². The van der Waals surface area contributed by atoms with E-state index in [2.05, 4.69) is 0 Å². The third-order valence-electron chi connectivity index (χ3n) is 3.66. The molecule has 0 heterocycles. The molecular formula is C17H17ClFNO2. The Balaban J connectivity index is 2.21. The smallest absolute Gasteiger partial charge is 0.255 e. The number of hydrogen-bond donors (Lipinski definition) is 0. The summed E-state index contributed by atoms with van der Waals surface area (Å²) in [6.07, 6.45) is 0. The van der Waals surface area contributed by atoms with E-state index in [0.29, 0.717) is 0 Å². The molecule has 2 aromatic carbocycles. The maximum atomic E-state index is 13.1. The molecule has 116 valence electrons. The normalized spacial score (nSPS) is 11.9. The van der Waals surface area contributed by atoms with Crippen LogP contribution in [0, 0.1) is 5.82 Å². The zero-order valence-electron chi connectivity index (χ0n) is 12.6. The lowest BCUT2D eigenvalue weighted by atomic mass is 10.1. The summed E-state index contributed by atoms with van der Waals surface area (Å²) in [5, 5.41) is 0.110. The Morgan fingerprint density at radius 3 is 2.41 bits per heavy atom. The molecule has 3 nitrogen and oxygen atoms in total. The Kier molecular flexibility index (Phi) is 5.03. The quantitative estimate of drug-likeness (QED) is 0.839. The fraction of sp³-hybridized carbons (Fsp3) is 0.235. The van der Waals surface area contributed by atoms with E-state index in [-0.39, 0.29) is 22.5 Å². The van der Waals surface area contributed by atoms with Gasteiger partial charge in [0.15, 0.2) is 0 Å². The Morgan fingerprint density at radius 2 is 1.86 bits per heavy atom. The van der Waals surface area contributed by atoms with Gasteiger partial charge in [0.1, 0.15) is 11.6 Å². The van der Waals surface area contributed by atoms with Crippen molar-refractivity contribution in [1.82, 2.24) is 4.90 Å². The molecule has 0 aliphatic heterocycles. The molecule has 0 saturated carbocycles. The fourth-order valence-corrected chi connectivity index (χ4v) is 2.38. The van der Waals surface area contributed by atoms with Crippen molar-refractivity contribution in [2.45, 2.75) is 13.0 Å². The number of amides is 1. The first-order valence-electron chi connectivity index (χ1n) is 6.80. The SMILES string of the molecule is COc1ccc(C(C)N(C)C(=O)c2ccc(F)cc2Cl)cc1. The van der Waals surface area contributed by atoms with Crippen LogP contribution in [0.3, 0.4) is 0 Å². The first-order valence-corrected chi connectivity index (χ1v) is 7.18. The van der Waals surface area contributed by atoms with E-state index in [1.165, 1.54) is 12.1 Å². The van der Waals surface area contributed by atoms with Gasteiger partial charge in [-0.25, -0.2) is 4.39 Å². The maximum absolute atomic E-state index is 13.1. The van der Waals surface area contributed by atoms with Crippen LogP contribution in [-0.4, -0.2) is 25.0 Å². The molecule has 1 unspecified atom stereocenters. The summed E-state index contributed by atoms with van der Waals surface area (Å²) in [6.45, 7) is 1.91. The van der Waals surface area contributed by atoms with E-state index in [9.17, 15) is 9.18 Å². The molecule has 0 N–H and O–H groups in total. The summed E-state index contributed by atoms with van der Waals surface area (Å²) in [4.78, 5) is 14.1. The number of hydrogen-bond acceptors (Lipinski definition) is 2. The molecule has 0 aromatic heterocycles. The average Bonchev–Trinajstić information content (AvgIpc) is 2.53. The second-order valence-corrected chi connectivity index (χ2v) is 5.40. The van der Waals surface area contributed by atoms with E-state index < -0.39 is 5.82 Å². The topological polar surface area (TPSA) is 29.5 Å². The van der Waals surface area contributed by atoms with Gasteiger partial charge in [-0.05, 0) is 42.8 Å². The lowest BCUT2D eigenvalue weighted by Crippen LogP contribution is -2.29. The van der Waals surface area contributed by atoms with Crippen molar-refractivity contribution in [2.24, 2.45) is 0 Å². The van der Waals surface area contributed by atoms with Gasteiger partial charge in [0.2, 0.25) is 0 Å². The first kappa shape index (κ1) is 16.3. The van der Waals surface area contributed by atoms with E-state index in [4.69, 9.17) is 16.3 Å². The van der Waals surface area contributed by atoms with Crippen LogP contribution in [0.1, 0.15) is 28.9 Å². The summed E-state index contributed by atoms with van der Waals surface area (Å²) >= 11 is 5.95. The third kappa shape index (κ3) is 3.39. The van der Waals surface area contributed by atoms with E-state index >= 15 is 0 Å². The lowest BCUT2D eigenvalue weighted by Gasteiger charge is -2.26. The highest BCUT2D eigenvalue weighted by atomic mass is 35.5. The predicted octanol–water partition coefficient (Wildman–Crippen LogP) is 4.32. The molecule has 0 fully saturated rings. The fourth-order valence-electron chi connectivity index (χ4n) is 2.13. The molecule has 22 heavy (non-hydrogen) atoms. The highest BCUT2D eigenvalue weighted by molar-refractivity contribution is 6.33. The summed E-state index contributed by atoms with van der Waals surface area (Å²) in [7, 11) is 3.29. The number of ether oxygens (including phenoxy) is 1. The number of nitrogens with zero attached hydrogens (tertiary/aromatic N) is 1. The molecule has 0 saturated heterocycles. The van der Waals surface area contributed by atoms with Crippen molar-refractivity contribution in [1.29, 1.82) is 0 Å². The zero-order valence-corrected chi connectivity index (χ0v) is 13.4. The first-order chi connectivity index (χ1) is 10.4. The number of benzene rings is 2. The van der Waals surface area contributed by atoms with Gasteiger partial charge in [-0.3, -0.25) is 4.79 Å². The van der Waals surface area contributed by atoms with Gasteiger partial charge in [-0.2, -0.15) is 0 Å². The molecule has 1 amide bonds. The van der Waals surface area contributed by atoms with Crippen molar-refractivity contribution < 1.29 is 13.9 Å². The number of carbonyl (C=O) groups is 1. The summed E-state index contributed by atoms with van der Waals surface area (Å²) < 4.78 is 18.2. The van der Waals surface area contributed by atoms with Crippen LogP contribution in [0.15, 0.2) is 42.5 Å². The molecule has 2 rings (SSSR count). The molecule has 5 heteroatoms. The van der Waals surface area contributed by atoms with E-state index in [1.807, 2.05) is 31.2 Å². The number of methoxy groups -OCH3 is 1. The second kappa shape index (κ2) is 6.79. The van der Waals surface area contributed by atoms with Crippen molar-refractivity contribution in [3.05, 3.63) is 64.4 Å². The van der Waals surface area contributed by atoms with Gasteiger partial charge in [0.05, 0.1) is 23.7 Å². The Hall–Kier alpha value is -2.07. The van der Waals surface area contributed by atoms with Crippen LogP contribution < -0.4 is 4.74 Å². The van der Waals surface area contributed by atoms with E-state index in [1.54, 1.807) is 19.1 Å². The van der Waals surface area contributed by atoms with Gasteiger partial charge < -0.3 is 9.64 Å². The molecule has 0 bridgehead atoms. The molecule has 1 atom stereocenters. The Bertz CT molecular complexity index is 673. The van der Waals surface area contributed by atoms with Gasteiger partial charge in [-0.15, -0.1) is 0 Å². The monoisotopic (exact) mass is 321 g/mol. The van der Waals surface area contributed by atoms with Crippen molar-refractivity contribution in [2.75, 3.05) is 14.2 Å². The van der Waals surface area contributed by atoms with Crippen LogP contribution >= 0.6 is 11.6 Å². The minimum absolute atomic E-state index is 0.110. The number of halogens is 2. The third-order valence-corrected chi connectivity index (χ3v) is 3.97. The van der Waals surface area contributed by atoms with Gasteiger partial charge in [-0.1, -0.05) is 23.7 Å². The molecule has 2 aromatic rings. The Morgan fingerprint density at radius 1 is 1.23 bits per heavy atom. The van der Waals surface area contributed by atoms with Crippen LogP contribution in [0.25, 0.3) is 0 Å². The minimum Gasteiger partial charge on any atom is -0.497 e. The van der Waals surface area contributed by atoms with Crippen molar-refractivity contribution in [3.63, 3.8) is 0 Å². The molecule has 0 spiro atoms. The standard InChI is InChI=1S/C17H17ClFNO2/c1-11(12-4-7-14(22-3)8-5-12)20(2)17(21)15-9-6-13(19)10-16(15)18/h4-11H,1-3H3. The average molecular weight is 322 g/mol. The van der Waals surface area contributed by atoms with Crippen molar-refractivity contribution in [3.8, 4) is 5.75 Å².